The van der Waals surface area contributed by atoms with E-state index in [1.54, 1.807) is 6.08 Å². The highest BCUT2D eigenvalue weighted by molar-refractivity contribution is 5.18. The third-order valence-electron chi connectivity index (χ3n) is 4.01. The Kier molecular flexibility index (Phi) is 4.23. The first-order chi connectivity index (χ1) is 9.05. The van der Waals surface area contributed by atoms with Crippen LogP contribution in [-0.2, 0) is 6.54 Å². The summed E-state index contributed by atoms with van der Waals surface area (Å²) in [5, 5.41) is 10.7. The molecule has 1 aromatic rings. The van der Waals surface area contributed by atoms with Crippen LogP contribution < -0.4 is 0 Å². The van der Waals surface area contributed by atoms with Crippen molar-refractivity contribution < 1.29 is 5.11 Å². The Hall–Kier alpha value is -1.38. The topological polar surface area (TPSA) is 23.5 Å². The van der Waals surface area contributed by atoms with Crippen molar-refractivity contribution in [1.82, 2.24) is 4.90 Å². The molecule has 1 fully saturated rings. The van der Waals surface area contributed by atoms with Crippen LogP contribution in [0.3, 0.4) is 0 Å². The maximum atomic E-state index is 10.7. The van der Waals surface area contributed by atoms with Crippen molar-refractivity contribution in [3.63, 3.8) is 0 Å². The highest BCUT2D eigenvalue weighted by Crippen LogP contribution is 2.33. The van der Waals surface area contributed by atoms with Crippen molar-refractivity contribution in [3.05, 3.63) is 60.7 Å². The van der Waals surface area contributed by atoms with E-state index in [2.05, 4.69) is 42.3 Å². The molecule has 1 N–H and O–H groups in total. The van der Waals surface area contributed by atoms with Gasteiger partial charge in [-0.25, -0.2) is 0 Å². The summed E-state index contributed by atoms with van der Waals surface area (Å²) >= 11 is 0. The summed E-state index contributed by atoms with van der Waals surface area (Å²) in [6, 6.07) is 10.4. The molecule has 2 heteroatoms. The zero-order valence-electron chi connectivity index (χ0n) is 11.7. The normalized spacial score (nSPS) is 28.0. The fourth-order valence-corrected chi connectivity index (χ4v) is 2.97. The zero-order chi connectivity index (χ0) is 13.9. The molecule has 2 rings (SSSR count). The Morgan fingerprint density at radius 1 is 1.47 bits per heavy atom. The van der Waals surface area contributed by atoms with Crippen LogP contribution >= 0.6 is 0 Å². The third kappa shape index (κ3) is 3.14. The fraction of sp³-hybridized carbons (Fsp3) is 0.412. The van der Waals surface area contributed by atoms with Crippen molar-refractivity contribution in [2.45, 2.75) is 25.5 Å². The first-order valence-corrected chi connectivity index (χ1v) is 6.83. The van der Waals surface area contributed by atoms with Gasteiger partial charge in [-0.3, -0.25) is 4.90 Å². The molecule has 0 radical (unpaired) electrons. The van der Waals surface area contributed by atoms with Crippen molar-refractivity contribution in [1.29, 1.82) is 0 Å². The molecule has 2 unspecified atom stereocenters. The third-order valence-corrected chi connectivity index (χ3v) is 4.01. The highest BCUT2D eigenvalue weighted by atomic mass is 16.3. The van der Waals surface area contributed by atoms with Gasteiger partial charge in [0.1, 0.15) is 5.60 Å². The minimum atomic E-state index is -0.848. The van der Waals surface area contributed by atoms with E-state index < -0.39 is 5.60 Å². The molecule has 0 amide bonds. The summed E-state index contributed by atoms with van der Waals surface area (Å²) in [5.74, 6) is 0.122. The van der Waals surface area contributed by atoms with Crippen LogP contribution in [0, 0.1) is 5.92 Å². The van der Waals surface area contributed by atoms with Crippen molar-refractivity contribution >= 4 is 0 Å². The summed E-state index contributed by atoms with van der Waals surface area (Å²) in [4.78, 5) is 2.29. The van der Waals surface area contributed by atoms with Gasteiger partial charge in [-0.15, -0.1) is 6.58 Å². The van der Waals surface area contributed by atoms with Crippen molar-refractivity contribution in [3.8, 4) is 0 Å². The summed E-state index contributed by atoms with van der Waals surface area (Å²) in [5.41, 5.74) is 1.48. The SMILES string of the molecule is C=CC1(O)CN(Cc2ccccc2)CCC1C(=C)C. The van der Waals surface area contributed by atoms with Gasteiger partial charge in [0.15, 0.2) is 0 Å². The number of piperidine rings is 1. The summed E-state index contributed by atoms with van der Waals surface area (Å²) in [7, 11) is 0. The predicted octanol–water partition coefficient (Wildman–Crippen LogP) is 3.00. The van der Waals surface area contributed by atoms with Gasteiger partial charge in [0, 0.05) is 19.0 Å². The minimum absolute atomic E-state index is 0.122. The Bertz CT molecular complexity index is 454. The number of aliphatic hydroxyl groups is 1. The Balaban J connectivity index is 2.07. The van der Waals surface area contributed by atoms with Gasteiger partial charge in [-0.1, -0.05) is 48.6 Å². The molecule has 2 atom stereocenters. The number of likely N-dealkylation sites (tertiary alicyclic amines) is 1. The molecule has 1 aliphatic rings. The van der Waals surface area contributed by atoms with Crippen LogP contribution in [-0.4, -0.2) is 28.7 Å². The number of hydrogen-bond donors (Lipinski definition) is 1. The Morgan fingerprint density at radius 3 is 2.74 bits per heavy atom. The van der Waals surface area contributed by atoms with E-state index in [9.17, 15) is 5.11 Å². The number of hydrogen-bond acceptors (Lipinski definition) is 2. The molecular weight excluding hydrogens is 234 g/mol. The second kappa shape index (κ2) is 5.72. The quantitative estimate of drug-likeness (QED) is 0.838. The highest BCUT2D eigenvalue weighted by Gasteiger charge is 2.39. The smallest absolute Gasteiger partial charge is 0.102 e. The van der Waals surface area contributed by atoms with E-state index >= 15 is 0 Å². The summed E-state index contributed by atoms with van der Waals surface area (Å²) in [6.07, 6.45) is 2.62. The molecule has 19 heavy (non-hydrogen) atoms. The van der Waals surface area contributed by atoms with Crippen molar-refractivity contribution in [2.75, 3.05) is 13.1 Å². The second-order valence-electron chi connectivity index (χ2n) is 5.58. The predicted molar refractivity (Wildman–Crippen MR) is 79.8 cm³/mol. The van der Waals surface area contributed by atoms with E-state index in [1.807, 2.05) is 13.0 Å². The Labute approximate surface area is 116 Å². The first-order valence-electron chi connectivity index (χ1n) is 6.83. The van der Waals surface area contributed by atoms with E-state index in [0.29, 0.717) is 6.54 Å². The van der Waals surface area contributed by atoms with Gasteiger partial charge < -0.3 is 5.11 Å². The average Bonchev–Trinajstić information content (AvgIpc) is 2.39. The lowest BCUT2D eigenvalue weighted by molar-refractivity contribution is -0.0289. The Morgan fingerprint density at radius 2 is 2.16 bits per heavy atom. The van der Waals surface area contributed by atoms with Crippen molar-refractivity contribution in [2.24, 2.45) is 5.92 Å². The molecule has 102 valence electrons. The van der Waals surface area contributed by atoms with Gasteiger partial charge in [0.2, 0.25) is 0 Å². The lowest BCUT2D eigenvalue weighted by atomic mass is 9.77. The van der Waals surface area contributed by atoms with E-state index in [-0.39, 0.29) is 5.92 Å². The van der Waals surface area contributed by atoms with Gasteiger partial charge in [-0.2, -0.15) is 0 Å². The molecule has 1 aromatic carbocycles. The molecule has 0 aromatic heterocycles. The lowest BCUT2D eigenvalue weighted by Crippen LogP contribution is -2.52. The largest absolute Gasteiger partial charge is 0.384 e. The molecule has 1 saturated heterocycles. The van der Waals surface area contributed by atoms with Crippen LogP contribution in [0.25, 0.3) is 0 Å². The van der Waals surface area contributed by atoms with Gasteiger partial charge in [0.25, 0.3) is 0 Å². The molecule has 0 spiro atoms. The molecule has 2 nitrogen and oxygen atoms in total. The van der Waals surface area contributed by atoms with Gasteiger partial charge in [0.05, 0.1) is 0 Å². The molecule has 0 saturated carbocycles. The van der Waals surface area contributed by atoms with Gasteiger partial charge >= 0.3 is 0 Å². The molecule has 0 bridgehead atoms. The van der Waals surface area contributed by atoms with Crippen LogP contribution in [0.15, 0.2) is 55.1 Å². The number of rotatable bonds is 4. The molecule has 0 aliphatic carbocycles. The summed E-state index contributed by atoms with van der Waals surface area (Å²) < 4.78 is 0. The average molecular weight is 257 g/mol. The first kappa shape index (κ1) is 14.0. The van der Waals surface area contributed by atoms with Gasteiger partial charge in [-0.05, 0) is 25.5 Å². The van der Waals surface area contributed by atoms with E-state index in [4.69, 9.17) is 0 Å². The van der Waals surface area contributed by atoms with E-state index in [1.165, 1.54) is 5.56 Å². The van der Waals surface area contributed by atoms with Crippen LogP contribution in [0.4, 0.5) is 0 Å². The maximum absolute atomic E-state index is 10.7. The molecule has 1 aliphatic heterocycles. The summed E-state index contributed by atoms with van der Waals surface area (Å²) in [6.45, 7) is 12.3. The number of β-amino-alcohol motifs (C(OH)–C–C–N with tert-alkyl or cyclic N) is 1. The fourth-order valence-electron chi connectivity index (χ4n) is 2.97. The van der Waals surface area contributed by atoms with Crippen LogP contribution in [0.1, 0.15) is 18.9 Å². The maximum Gasteiger partial charge on any atom is 0.102 e. The van der Waals surface area contributed by atoms with Crippen LogP contribution in [0.5, 0.6) is 0 Å². The molecule has 1 heterocycles. The number of nitrogens with zero attached hydrogens (tertiary/aromatic N) is 1. The van der Waals surface area contributed by atoms with E-state index in [0.717, 1.165) is 25.1 Å². The molecular formula is C17H23NO. The second-order valence-corrected chi connectivity index (χ2v) is 5.58. The van der Waals surface area contributed by atoms with Crippen LogP contribution in [0.2, 0.25) is 0 Å². The lowest BCUT2D eigenvalue weighted by Gasteiger charge is -2.43. The standard InChI is InChI=1S/C17H23NO/c1-4-17(19)13-18(11-10-16(17)14(2)3)12-15-8-6-5-7-9-15/h4-9,16,19H,1-2,10-13H2,3H3. The zero-order valence-corrected chi connectivity index (χ0v) is 11.7. The minimum Gasteiger partial charge on any atom is -0.384 e. The number of benzene rings is 1. The monoisotopic (exact) mass is 257 g/mol.